The number of allylic oxidation sites excluding steroid dienone is 1. The number of hydrogen-bond donors (Lipinski definition) is 0. The first-order chi connectivity index (χ1) is 13.6. The smallest absolute Gasteiger partial charge is 0.294 e. The van der Waals surface area contributed by atoms with Crippen LogP contribution in [0.25, 0.3) is 5.57 Å². The largest absolute Gasteiger partial charge is 0.416 e. The van der Waals surface area contributed by atoms with Gasteiger partial charge in [0.1, 0.15) is 0 Å². The summed E-state index contributed by atoms with van der Waals surface area (Å²) in [6.07, 6.45) is -4.28. The topological polar surface area (TPSA) is 54.5 Å². The van der Waals surface area contributed by atoms with E-state index in [2.05, 4.69) is 0 Å². The van der Waals surface area contributed by atoms with Crippen LogP contribution in [-0.2, 0) is 21.0 Å². The average molecular weight is 421 g/mol. The number of benzene rings is 2. The predicted molar refractivity (Wildman–Crippen MR) is 101 cm³/mol. The maximum atomic E-state index is 13.0. The molecule has 1 aliphatic carbocycles. The quantitative estimate of drug-likeness (QED) is 0.751. The van der Waals surface area contributed by atoms with Gasteiger partial charge < -0.3 is 0 Å². The minimum Gasteiger partial charge on any atom is -0.294 e. The molecule has 4 nitrogen and oxygen atoms in total. The highest BCUT2D eigenvalue weighted by atomic mass is 32.2. The molecule has 0 aromatic heterocycles. The van der Waals surface area contributed by atoms with Gasteiger partial charge >= 0.3 is 6.18 Å². The summed E-state index contributed by atoms with van der Waals surface area (Å²) in [6, 6.07) is 11.0. The molecule has 0 amide bonds. The van der Waals surface area contributed by atoms with E-state index in [0.29, 0.717) is 16.7 Å². The van der Waals surface area contributed by atoms with Gasteiger partial charge in [0.15, 0.2) is 5.78 Å². The minimum atomic E-state index is -4.45. The molecule has 2 aromatic rings. The molecule has 8 heteroatoms. The van der Waals surface area contributed by atoms with E-state index in [1.807, 2.05) is 6.92 Å². The van der Waals surface area contributed by atoms with E-state index in [-0.39, 0.29) is 36.1 Å². The summed E-state index contributed by atoms with van der Waals surface area (Å²) in [5, 5.41) is 0. The minimum absolute atomic E-state index is 0.0724. The second kappa shape index (κ2) is 6.81. The Morgan fingerprint density at radius 2 is 1.62 bits per heavy atom. The number of carbonyl (C=O) groups is 1. The summed E-state index contributed by atoms with van der Waals surface area (Å²) in [7, 11) is -3.71. The zero-order valence-corrected chi connectivity index (χ0v) is 16.3. The molecule has 1 heterocycles. The molecule has 1 aliphatic heterocycles. The maximum Gasteiger partial charge on any atom is 0.416 e. The van der Waals surface area contributed by atoms with Gasteiger partial charge in [-0.1, -0.05) is 29.8 Å². The number of hydrogen-bond acceptors (Lipinski definition) is 3. The molecule has 29 heavy (non-hydrogen) atoms. The highest BCUT2D eigenvalue weighted by Gasteiger charge is 2.43. The van der Waals surface area contributed by atoms with Gasteiger partial charge in [-0.15, -0.1) is 0 Å². The van der Waals surface area contributed by atoms with Crippen molar-refractivity contribution in [2.24, 2.45) is 5.92 Å². The molecule has 2 aromatic carbocycles. The first-order valence-corrected chi connectivity index (χ1v) is 10.5. The van der Waals surface area contributed by atoms with Crippen molar-refractivity contribution in [2.75, 3.05) is 13.1 Å². The van der Waals surface area contributed by atoms with Crippen LogP contribution in [0.5, 0.6) is 0 Å². The number of sulfonamides is 1. The molecule has 4 rings (SSSR count). The van der Waals surface area contributed by atoms with Crippen LogP contribution in [-0.4, -0.2) is 31.6 Å². The standard InChI is InChI=1S/C21H18F3NO3S/c1-13-2-8-17(9-3-13)29(27,28)25-11-15-10-19(26)20(18(15)12-25)14-4-6-16(7-5-14)21(22,23)24/h2-9,15H,10-12H2,1H3/t15-/m1/s1. The zero-order chi connectivity index (χ0) is 21.0. The lowest BCUT2D eigenvalue weighted by atomic mass is 9.99. The summed E-state index contributed by atoms with van der Waals surface area (Å²) in [5.41, 5.74) is 1.59. The zero-order valence-electron chi connectivity index (χ0n) is 15.5. The first-order valence-electron chi connectivity index (χ1n) is 9.08. The molecule has 0 radical (unpaired) electrons. The van der Waals surface area contributed by atoms with Crippen molar-refractivity contribution >= 4 is 21.4 Å². The first kappa shape index (κ1) is 19.8. The van der Waals surface area contributed by atoms with Crippen molar-refractivity contribution in [1.82, 2.24) is 4.31 Å². The molecule has 1 fully saturated rings. The third-order valence-corrected chi connectivity index (χ3v) is 7.28. The van der Waals surface area contributed by atoms with E-state index >= 15 is 0 Å². The number of fused-ring (bicyclic) bond motifs is 1. The van der Waals surface area contributed by atoms with Crippen LogP contribution in [0.2, 0.25) is 0 Å². The van der Waals surface area contributed by atoms with Crippen molar-refractivity contribution in [1.29, 1.82) is 0 Å². The molecule has 1 saturated heterocycles. The van der Waals surface area contributed by atoms with Crippen LogP contribution in [0.1, 0.15) is 23.1 Å². The molecule has 2 aliphatic rings. The lowest BCUT2D eigenvalue weighted by molar-refractivity contribution is -0.137. The number of nitrogens with zero attached hydrogens (tertiary/aromatic N) is 1. The molecule has 0 saturated carbocycles. The number of rotatable bonds is 3. The molecule has 152 valence electrons. The van der Waals surface area contributed by atoms with Crippen LogP contribution in [0, 0.1) is 12.8 Å². The van der Waals surface area contributed by atoms with Crippen LogP contribution in [0.3, 0.4) is 0 Å². The third kappa shape index (κ3) is 3.51. The summed E-state index contributed by atoms with van der Waals surface area (Å²) in [4.78, 5) is 12.7. The van der Waals surface area contributed by atoms with Gasteiger partial charge in [-0.25, -0.2) is 8.42 Å². The van der Waals surface area contributed by atoms with Crippen LogP contribution in [0.15, 0.2) is 59.0 Å². The molecule has 0 bridgehead atoms. The van der Waals surface area contributed by atoms with Crippen LogP contribution < -0.4 is 0 Å². The number of alkyl halides is 3. The van der Waals surface area contributed by atoms with E-state index in [0.717, 1.165) is 17.7 Å². The molecule has 0 unspecified atom stereocenters. The van der Waals surface area contributed by atoms with Gasteiger partial charge in [0.25, 0.3) is 0 Å². The molecule has 0 spiro atoms. The average Bonchev–Trinajstić information content (AvgIpc) is 3.18. The fraction of sp³-hybridized carbons (Fsp3) is 0.286. The monoisotopic (exact) mass is 421 g/mol. The molecular formula is C21H18F3NO3S. The molecule has 1 atom stereocenters. The Kier molecular flexibility index (Phi) is 4.66. The van der Waals surface area contributed by atoms with E-state index in [1.165, 1.54) is 16.4 Å². The summed E-state index contributed by atoms with van der Waals surface area (Å²) < 4.78 is 65.7. The Bertz CT molecular complexity index is 1100. The van der Waals surface area contributed by atoms with Gasteiger partial charge in [0.05, 0.1) is 10.5 Å². The van der Waals surface area contributed by atoms with Gasteiger partial charge in [-0.05, 0) is 42.3 Å². The lowest BCUT2D eigenvalue weighted by Crippen LogP contribution is -2.29. The Morgan fingerprint density at radius 1 is 1.00 bits per heavy atom. The second-order valence-electron chi connectivity index (χ2n) is 7.41. The van der Waals surface area contributed by atoms with Crippen molar-refractivity contribution < 1.29 is 26.4 Å². The SMILES string of the molecule is Cc1ccc(S(=O)(=O)N2CC3=C(c4ccc(C(F)(F)F)cc4)C(=O)C[C@@H]3C2)cc1. The summed E-state index contributed by atoms with van der Waals surface area (Å²) >= 11 is 0. The van der Waals surface area contributed by atoms with Crippen LogP contribution in [0.4, 0.5) is 13.2 Å². The van der Waals surface area contributed by atoms with E-state index in [1.54, 1.807) is 24.3 Å². The second-order valence-corrected chi connectivity index (χ2v) is 9.35. The van der Waals surface area contributed by atoms with Crippen molar-refractivity contribution in [2.45, 2.75) is 24.4 Å². The maximum absolute atomic E-state index is 13.0. The number of halogens is 3. The van der Waals surface area contributed by atoms with E-state index in [4.69, 9.17) is 0 Å². The van der Waals surface area contributed by atoms with E-state index < -0.39 is 21.8 Å². The predicted octanol–water partition coefficient (Wildman–Crippen LogP) is 4.06. The highest BCUT2D eigenvalue weighted by molar-refractivity contribution is 7.89. The number of Topliss-reactive ketones (excluding diaryl/α,β-unsaturated/α-hetero) is 1. The fourth-order valence-electron chi connectivity index (χ4n) is 3.93. The Labute approximate surface area is 166 Å². The van der Waals surface area contributed by atoms with Crippen molar-refractivity contribution in [3.8, 4) is 0 Å². The molecule has 0 N–H and O–H groups in total. The summed E-state index contributed by atoms with van der Waals surface area (Å²) in [5.74, 6) is -0.392. The van der Waals surface area contributed by atoms with Gasteiger partial charge in [0.2, 0.25) is 10.0 Å². The lowest BCUT2D eigenvalue weighted by Gasteiger charge is -2.17. The van der Waals surface area contributed by atoms with Crippen molar-refractivity contribution in [3.05, 3.63) is 70.8 Å². The Morgan fingerprint density at radius 3 is 2.21 bits per heavy atom. The highest BCUT2D eigenvalue weighted by Crippen LogP contribution is 2.42. The van der Waals surface area contributed by atoms with Gasteiger partial charge in [0, 0.05) is 31.0 Å². The molecular weight excluding hydrogens is 403 g/mol. The third-order valence-electron chi connectivity index (χ3n) is 5.45. The summed E-state index contributed by atoms with van der Waals surface area (Å²) in [6.45, 7) is 2.13. The van der Waals surface area contributed by atoms with Crippen LogP contribution >= 0.6 is 0 Å². The normalized spacial score (nSPS) is 20.4. The number of ketones is 1. The van der Waals surface area contributed by atoms with E-state index in [9.17, 15) is 26.4 Å². The fourth-order valence-corrected chi connectivity index (χ4v) is 5.39. The number of carbonyl (C=O) groups excluding carboxylic acids is 1. The van der Waals surface area contributed by atoms with Gasteiger partial charge in [-0.2, -0.15) is 17.5 Å². The Balaban J connectivity index is 1.67. The van der Waals surface area contributed by atoms with Crippen molar-refractivity contribution in [3.63, 3.8) is 0 Å². The number of aryl methyl sites for hydroxylation is 1. The Hall–Kier alpha value is -2.45. The van der Waals surface area contributed by atoms with Gasteiger partial charge in [-0.3, -0.25) is 4.79 Å².